The number of carbonyl (C=O) groups is 1. The third-order valence-electron chi connectivity index (χ3n) is 3.23. The van der Waals surface area contributed by atoms with Gasteiger partial charge in [0.2, 0.25) is 0 Å². The van der Waals surface area contributed by atoms with Crippen LogP contribution in [0.5, 0.6) is 0 Å². The molecule has 0 spiro atoms. The van der Waals surface area contributed by atoms with E-state index < -0.39 is 12.0 Å². The van der Waals surface area contributed by atoms with Gasteiger partial charge in [-0.1, -0.05) is 53.5 Å². The summed E-state index contributed by atoms with van der Waals surface area (Å²) in [5.74, 6) is -0.408. The van der Waals surface area contributed by atoms with Gasteiger partial charge in [0.05, 0.1) is 13.2 Å². The number of carbonyl (C=O) groups excluding carboxylic acids is 1. The van der Waals surface area contributed by atoms with Crippen LogP contribution in [-0.2, 0) is 27.5 Å². The number of aromatic nitrogens is 1. The molecule has 1 N–H and O–H groups in total. The third-order valence-corrected chi connectivity index (χ3v) is 3.62. The van der Waals surface area contributed by atoms with Gasteiger partial charge >= 0.3 is 5.97 Å². The van der Waals surface area contributed by atoms with E-state index in [2.05, 4.69) is 10.3 Å². The first-order valence-corrected chi connectivity index (χ1v) is 8.11. The fraction of sp³-hybridized carbons (Fsp3) is 0.294. The van der Waals surface area contributed by atoms with Crippen LogP contribution in [0.3, 0.4) is 0 Å². The van der Waals surface area contributed by atoms with E-state index in [1.807, 2.05) is 30.3 Å². The summed E-state index contributed by atoms with van der Waals surface area (Å²) >= 11 is 11.6. The Labute approximate surface area is 163 Å². The number of nitrogens with one attached hydrogen (secondary N) is 1. The van der Waals surface area contributed by atoms with Gasteiger partial charge in [-0.05, 0) is 30.3 Å². The monoisotopic (exact) mass is 404 g/mol. The molecule has 0 aliphatic rings. The predicted molar refractivity (Wildman–Crippen MR) is 100 cm³/mol. The second kappa shape index (κ2) is 11.3. The first kappa shape index (κ1) is 21.7. The van der Waals surface area contributed by atoms with Gasteiger partial charge in [-0.25, -0.2) is 4.98 Å². The number of esters is 1. The minimum atomic E-state index is -0.554. The molecule has 1 aromatic carbocycles. The molecular formula is C17H19Cl3N2O3. The standard InChI is InChI=1S/C17H18Cl2N2O3.ClH/c1-20-14(11-23-9-12-5-3-2-4-6-12)17(22)24-10-13-7-15(18)21-16(19)8-13;/h2-8,14,20H,9-11H2,1H3;1H/t14-;/m0./s1. The smallest absolute Gasteiger partial charge is 0.325 e. The summed E-state index contributed by atoms with van der Waals surface area (Å²) in [4.78, 5) is 16.0. The van der Waals surface area contributed by atoms with Crippen LogP contribution in [0.25, 0.3) is 0 Å². The van der Waals surface area contributed by atoms with Crippen LogP contribution < -0.4 is 5.32 Å². The SMILES string of the molecule is CN[C@@H](COCc1ccccc1)C(=O)OCc1cc(Cl)nc(Cl)c1.Cl. The molecule has 1 aromatic heterocycles. The Balaban J connectivity index is 0.00000312. The molecule has 0 aliphatic heterocycles. The maximum Gasteiger partial charge on any atom is 0.325 e. The topological polar surface area (TPSA) is 60.5 Å². The Morgan fingerprint density at radius 3 is 2.36 bits per heavy atom. The molecule has 0 saturated carbocycles. The Morgan fingerprint density at radius 2 is 1.76 bits per heavy atom. The van der Waals surface area contributed by atoms with E-state index in [1.54, 1.807) is 19.2 Å². The van der Waals surface area contributed by atoms with Crippen molar-refractivity contribution in [2.45, 2.75) is 19.3 Å². The van der Waals surface area contributed by atoms with Gasteiger partial charge in [-0.3, -0.25) is 4.79 Å². The normalized spacial score (nSPS) is 11.5. The number of likely N-dealkylation sites (N-methyl/N-ethyl adjacent to an activating group) is 1. The highest BCUT2D eigenvalue weighted by molar-refractivity contribution is 6.32. The van der Waals surface area contributed by atoms with Crippen molar-refractivity contribution in [3.63, 3.8) is 0 Å². The molecule has 136 valence electrons. The molecule has 5 nitrogen and oxygen atoms in total. The number of nitrogens with zero attached hydrogens (tertiary/aromatic N) is 1. The summed E-state index contributed by atoms with van der Waals surface area (Å²) in [6, 6.07) is 12.4. The molecule has 0 amide bonds. The molecule has 8 heteroatoms. The Morgan fingerprint density at radius 1 is 1.12 bits per heavy atom. The number of halogens is 3. The summed E-state index contributed by atoms with van der Waals surface area (Å²) in [7, 11) is 1.68. The number of pyridine rings is 1. The predicted octanol–water partition coefficient (Wildman–Crippen LogP) is 3.66. The lowest BCUT2D eigenvalue weighted by Crippen LogP contribution is -2.39. The number of ether oxygens (including phenoxy) is 2. The van der Waals surface area contributed by atoms with E-state index in [0.29, 0.717) is 12.2 Å². The number of rotatable bonds is 8. The first-order valence-electron chi connectivity index (χ1n) is 7.36. The van der Waals surface area contributed by atoms with Crippen molar-refractivity contribution in [3.05, 3.63) is 63.9 Å². The molecular weight excluding hydrogens is 387 g/mol. The van der Waals surface area contributed by atoms with Crippen LogP contribution in [0.1, 0.15) is 11.1 Å². The van der Waals surface area contributed by atoms with Gasteiger partial charge in [-0.15, -0.1) is 12.4 Å². The molecule has 0 bridgehead atoms. The average molecular weight is 406 g/mol. The van der Waals surface area contributed by atoms with E-state index >= 15 is 0 Å². The zero-order chi connectivity index (χ0) is 17.4. The second-order valence-electron chi connectivity index (χ2n) is 5.07. The minimum Gasteiger partial charge on any atom is -0.460 e. The minimum absolute atomic E-state index is 0. The van der Waals surface area contributed by atoms with E-state index in [9.17, 15) is 4.79 Å². The van der Waals surface area contributed by atoms with Crippen molar-refractivity contribution in [1.29, 1.82) is 0 Å². The van der Waals surface area contributed by atoms with Crippen LogP contribution in [0.2, 0.25) is 10.3 Å². The molecule has 2 aromatic rings. The largest absolute Gasteiger partial charge is 0.460 e. The van der Waals surface area contributed by atoms with Gasteiger partial charge in [0.1, 0.15) is 23.0 Å². The highest BCUT2D eigenvalue weighted by atomic mass is 35.5. The Kier molecular flexibility index (Phi) is 9.78. The van der Waals surface area contributed by atoms with Crippen molar-refractivity contribution < 1.29 is 14.3 Å². The molecule has 0 saturated heterocycles. The highest BCUT2D eigenvalue weighted by Gasteiger charge is 2.18. The molecule has 1 atom stereocenters. The average Bonchev–Trinajstić information content (AvgIpc) is 2.57. The molecule has 2 rings (SSSR count). The number of hydrogen-bond donors (Lipinski definition) is 1. The van der Waals surface area contributed by atoms with Crippen LogP contribution in [0.4, 0.5) is 0 Å². The maximum atomic E-state index is 12.1. The fourth-order valence-electron chi connectivity index (χ4n) is 1.99. The Bertz CT molecular complexity index is 651. The molecule has 0 radical (unpaired) electrons. The lowest BCUT2D eigenvalue weighted by molar-refractivity contribution is -0.149. The summed E-state index contributed by atoms with van der Waals surface area (Å²) < 4.78 is 10.8. The van der Waals surface area contributed by atoms with Gasteiger partial charge in [0.25, 0.3) is 0 Å². The van der Waals surface area contributed by atoms with Crippen molar-refractivity contribution in [3.8, 4) is 0 Å². The van der Waals surface area contributed by atoms with Gasteiger partial charge < -0.3 is 14.8 Å². The van der Waals surface area contributed by atoms with Gasteiger partial charge in [0, 0.05) is 0 Å². The molecule has 0 aliphatic carbocycles. The third kappa shape index (κ3) is 7.59. The molecule has 1 heterocycles. The molecule has 0 unspecified atom stereocenters. The first-order chi connectivity index (χ1) is 11.6. The lowest BCUT2D eigenvalue weighted by atomic mass is 10.2. The van der Waals surface area contributed by atoms with Crippen LogP contribution >= 0.6 is 35.6 Å². The Hall–Kier alpha value is -1.37. The highest BCUT2D eigenvalue weighted by Crippen LogP contribution is 2.15. The van der Waals surface area contributed by atoms with Crippen LogP contribution in [0, 0.1) is 0 Å². The summed E-state index contributed by atoms with van der Waals surface area (Å²) in [6.07, 6.45) is 0. The van der Waals surface area contributed by atoms with Gasteiger partial charge in [0.15, 0.2) is 0 Å². The summed E-state index contributed by atoms with van der Waals surface area (Å²) in [6.45, 7) is 0.710. The molecule has 0 fully saturated rings. The van der Waals surface area contributed by atoms with Crippen molar-refractivity contribution >= 4 is 41.6 Å². The van der Waals surface area contributed by atoms with E-state index in [0.717, 1.165) is 5.56 Å². The van der Waals surface area contributed by atoms with Crippen LogP contribution in [-0.4, -0.2) is 30.6 Å². The number of hydrogen-bond acceptors (Lipinski definition) is 5. The second-order valence-corrected chi connectivity index (χ2v) is 5.85. The zero-order valence-corrected chi connectivity index (χ0v) is 15.9. The molecule has 25 heavy (non-hydrogen) atoms. The van der Waals surface area contributed by atoms with Crippen LogP contribution in [0.15, 0.2) is 42.5 Å². The quantitative estimate of drug-likeness (QED) is 0.536. The fourth-order valence-corrected chi connectivity index (χ4v) is 2.50. The zero-order valence-electron chi connectivity index (χ0n) is 13.6. The summed E-state index contributed by atoms with van der Waals surface area (Å²) in [5.41, 5.74) is 1.72. The van der Waals surface area contributed by atoms with Gasteiger partial charge in [-0.2, -0.15) is 0 Å². The van der Waals surface area contributed by atoms with E-state index in [1.165, 1.54) is 0 Å². The summed E-state index contributed by atoms with van der Waals surface area (Å²) in [5, 5.41) is 3.39. The van der Waals surface area contributed by atoms with Crippen molar-refractivity contribution in [1.82, 2.24) is 10.3 Å². The number of benzene rings is 1. The van der Waals surface area contributed by atoms with E-state index in [4.69, 9.17) is 32.7 Å². The van der Waals surface area contributed by atoms with Crippen molar-refractivity contribution in [2.75, 3.05) is 13.7 Å². The maximum absolute atomic E-state index is 12.1. The lowest BCUT2D eigenvalue weighted by Gasteiger charge is -2.15. The van der Waals surface area contributed by atoms with Crippen molar-refractivity contribution in [2.24, 2.45) is 0 Å². The van der Waals surface area contributed by atoms with E-state index in [-0.39, 0.29) is 35.9 Å².